The molecular weight excluding hydrogens is 382 g/mol. The number of ether oxygens (including phenoxy) is 2. The van der Waals surface area contributed by atoms with Gasteiger partial charge in [0.1, 0.15) is 5.75 Å². The number of thioether (sulfide) groups is 2. The van der Waals surface area contributed by atoms with Crippen LogP contribution in [-0.2, 0) is 9.53 Å². The number of aryl methyl sites for hydroxylation is 1. The quantitative estimate of drug-likeness (QED) is 0.727. The maximum absolute atomic E-state index is 12.2. The molecule has 5 nitrogen and oxygen atoms in total. The van der Waals surface area contributed by atoms with Gasteiger partial charge in [-0.05, 0) is 42.3 Å². The van der Waals surface area contributed by atoms with Crippen molar-refractivity contribution in [2.45, 2.75) is 11.5 Å². The first-order valence-electron chi connectivity index (χ1n) is 8.51. The third kappa shape index (κ3) is 5.20. The lowest BCUT2D eigenvalue weighted by atomic mass is 10.1. The van der Waals surface area contributed by atoms with Crippen molar-refractivity contribution in [1.29, 1.82) is 0 Å². The van der Waals surface area contributed by atoms with Gasteiger partial charge in [-0.1, -0.05) is 18.2 Å². The number of hydrogen-bond acceptors (Lipinski definition) is 6. The molecule has 0 aromatic heterocycles. The second-order valence-electron chi connectivity index (χ2n) is 6.02. The van der Waals surface area contributed by atoms with Gasteiger partial charge in [0.2, 0.25) is 0 Å². The van der Waals surface area contributed by atoms with Crippen LogP contribution in [0.4, 0.5) is 5.69 Å². The molecule has 0 spiro atoms. The van der Waals surface area contributed by atoms with Crippen molar-refractivity contribution in [2.24, 2.45) is 0 Å². The van der Waals surface area contributed by atoms with Crippen LogP contribution in [0.5, 0.6) is 5.75 Å². The summed E-state index contributed by atoms with van der Waals surface area (Å²) in [4.78, 5) is 24.3. The molecule has 1 saturated heterocycles. The number of carbonyl (C=O) groups is 2. The Balaban J connectivity index is 1.54. The molecule has 1 heterocycles. The number of anilines is 1. The largest absolute Gasteiger partial charge is 0.495 e. The van der Waals surface area contributed by atoms with Crippen LogP contribution in [0.1, 0.15) is 26.1 Å². The first kappa shape index (κ1) is 19.6. The minimum Gasteiger partial charge on any atom is -0.495 e. The van der Waals surface area contributed by atoms with Gasteiger partial charge in [0, 0.05) is 11.5 Å². The van der Waals surface area contributed by atoms with E-state index in [0.29, 0.717) is 21.6 Å². The first-order valence-corrected chi connectivity index (χ1v) is 10.6. The molecule has 0 atom stereocenters. The standard InChI is InChI=1S/C20H21NO4S2/c1-13-3-8-17(24-2)16(11-13)21-18(22)12-25-19(23)14-4-6-15(7-5-14)20-26-9-10-27-20/h3-8,11,20H,9-10,12H2,1-2H3,(H,21,22). The average Bonchev–Trinajstić information content (AvgIpc) is 3.21. The van der Waals surface area contributed by atoms with Crippen LogP contribution >= 0.6 is 23.5 Å². The number of nitrogens with one attached hydrogen (secondary N) is 1. The number of carbonyl (C=O) groups excluding carboxylic acids is 2. The molecule has 0 aliphatic carbocycles. The lowest BCUT2D eigenvalue weighted by Gasteiger charge is -2.11. The molecule has 0 bridgehead atoms. The summed E-state index contributed by atoms with van der Waals surface area (Å²) in [7, 11) is 1.53. The van der Waals surface area contributed by atoms with E-state index >= 15 is 0 Å². The molecule has 1 aliphatic rings. The van der Waals surface area contributed by atoms with Crippen molar-refractivity contribution in [1.82, 2.24) is 0 Å². The Labute approximate surface area is 167 Å². The molecule has 1 fully saturated rings. The van der Waals surface area contributed by atoms with Crippen LogP contribution in [0, 0.1) is 6.92 Å². The van der Waals surface area contributed by atoms with Crippen molar-refractivity contribution >= 4 is 41.1 Å². The van der Waals surface area contributed by atoms with Crippen LogP contribution in [-0.4, -0.2) is 37.1 Å². The fraction of sp³-hybridized carbons (Fsp3) is 0.300. The fourth-order valence-corrected chi connectivity index (χ4v) is 5.51. The minimum absolute atomic E-state index is 0.355. The van der Waals surface area contributed by atoms with Crippen LogP contribution < -0.4 is 10.1 Å². The number of benzene rings is 2. The molecule has 2 aromatic carbocycles. The van der Waals surface area contributed by atoms with E-state index in [1.165, 1.54) is 12.7 Å². The number of hydrogen-bond donors (Lipinski definition) is 1. The van der Waals surface area contributed by atoms with E-state index in [9.17, 15) is 9.59 Å². The summed E-state index contributed by atoms with van der Waals surface area (Å²) in [5.74, 6) is 1.93. The second-order valence-corrected chi connectivity index (χ2v) is 8.75. The predicted octanol–water partition coefficient (Wildman–Crippen LogP) is 4.28. The summed E-state index contributed by atoms with van der Waals surface area (Å²) >= 11 is 3.82. The highest BCUT2D eigenvalue weighted by Crippen LogP contribution is 2.45. The molecular formula is C20H21NO4S2. The number of esters is 1. The van der Waals surface area contributed by atoms with Gasteiger partial charge in [-0.2, -0.15) is 0 Å². The van der Waals surface area contributed by atoms with Crippen LogP contribution in [0.3, 0.4) is 0 Å². The van der Waals surface area contributed by atoms with Gasteiger partial charge in [-0.3, -0.25) is 4.79 Å². The molecule has 27 heavy (non-hydrogen) atoms. The highest BCUT2D eigenvalue weighted by atomic mass is 32.2. The smallest absolute Gasteiger partial charge is 0.338 e. The van der Waals surface area contributed by atoms with Gasteiger partial charge in [-0.25, -0.2) is 4.79 Å². The van der Waals surface area contributed by atoms with Crippen LogP contribution in [0.25, 0.3) is 0 Å². The summed E-state index contributed by atoms with van der Waals surface area (Å²) in [5.41, 5.74) is 3.17. The van der Waals surface area contributed by atoms with E-state index in [2.05, 4.69) is 5.32 Å². The fourth-order valence-electron chi connectivity index (χ4n) is 2.65. The maximum Gasteiger partial charge on any atom is 0.338 e. The third-order valence-corrected chi connectivity index (χ3v) is 7.11. The van der Waals surface area contributed by atoms with Gasteiger partial charge in [0.25, 0.3) is 5.91 Å². The molecule has 1 aliphatic heterocycles. The van der Waals surface area contributed by atoms with E-state index in [4.69, 9.17) is 9.47 Å². The zero-order valence-corrected chi connectivity index (χ0v) is 16.8. The molecule has 142 valence electrons. The SMILES string of the molecule is COc1ccc(C)cc1NC(=O)COC(=O)c1ccc(C2SCCS2)cc1. The normalized spacial score (nSPS) is 14.0. The molecule has 7 heteroatoms. The van der Waals surface area contributed by atoms with E-state index in [0.717, 1.165) is 17.1 Å². The Morgan fingerprint density at radius 1 is 1.11 bits per heavy atom. The summed E-state index contributed by atoms with van der Waals surface area (Å²) in [5, 5.41) is 2.71. The molecule has 1 amide bonds. The molecule has 3 rings (SSSR count). The number of amides is 1. The van der Waals surface area contributed by atoms with Crippen molar-refractivity contribution in [3.8, 4) is 5.75 Å². The Kier molecular flexibility index (Phi) is 6.68. The second kappa shape index (κ2) is 9.19. The van der Waals surface area contributed by atoms with Gasteiger partial charge >= 0.3 is 5.97 Å². The van der Waals surface area contributed by atoms with E-state index in [1.807, 2.05) is 48.6 Å². The molecule has 2 aromatic rings. The Hall–Kier alpha value is -2.12. The van der Waals surface area contributed by atoms with Gasteiger partial charge in [-0.15, -0.1) is 23.5 Å². The number of methoxy groups -OCH3 is 1. The van der Waals surface area contributed by atoms with Crippen molar-refractivity contribution in [3.05, 3.63) is 59.2 Å². The number of rotatable bonds is 6. The lowest BCUT2D eigenvalue weighted by molar-refractivity contribution is -0.119. The Morgan fingerprint density at radius 3 is 2.48 bits per heavy atom. The summed E-state index contributed by atoms with van der Waals surface area (Å²) in [6, 6.07) is 12.9. The van der Waals surface area contributed by atoms with E-state index in [-0.39, 0.29) is 6.61 Å². The van der Waals surface area contributed by atoms with Gasteiger partial charge in [0.15, 0.2) is 6.61 Å². The molecule has 0 unspecified atom stereocenters. The van der Waals surface area contributed by atoms with E-state index in [1.54, 1.807) is 24.3 Å². The van der Waals surface area contributed by atoms with Gasteiger partial charge in [0.05, 0.1) is 22.9 Å². The highest BCUT2D eigenvalue weighted by molar-refractivity contribution is 8.19. The summed E-state index contributed by atoms with van der Waals surface area (Å²) in [6.07, 6.45) is 0. The Bertz CT molecular complexity index is 817. The summed E-state index contributed by atoms with van der Waals surface area (Å²) < 4.78 is 10.8. The van der Waals surface area contributed by atoms with Crippen molar-refractivity contribution < 1.29 is 19.1 Å². The Morgan fingerprint density at radius 2 is 1.81 bits per heavy atom. The first-order chi connectivity index (χ1) is 13.1. The molecule has 0 radical (unpaired) electrons. The topological polar surface area (TPSA) is 64.6 Å². The van der Waals surface area contributed by atoms with Crippen LogP contribution in [0.15, 0.2) is 42.5 Å². The minimum atomic E-state index is -0.514. The zero-order valence-electron chi connectivity index (χ0n) is 15.2. The summed E-state index contributed by atoms with van der Waals surface area (Å²) in [6.45, 7) is 1.56. The monoisotopic (exact) mass is 403 g/mol. The maximum atomic E-state index is 12.2. The molecule has 0 saturated carbocycles. The predicted molar refractivity (Wildman–Crippen MR) is 111 cm³/mol. The highest BCUT2D eigenvalue weighted by Gasteiger charge is 2.19. The van der Waals surface area contributed by atoms with Gasteiger partial charge < -0.3 is 14.8 Å². The van der Waals surface area contributed by atoms with Crippen LogP contribution in [0.2, 0.25) is 0 Å². The van der Waals surface area contributed by atoms with Crippen molar-refractivity contribution in [3.63, 3.8) is 0 Å². The average molecular weight is 404 g/mol. The van der Waals surface area contributed by atoms with Crippen molar-refractivity contribution in [2.75, 3.05) is 30.5 Å². The molecule has 1 N–H and O–H groups in total. The lowest BCUT2D eigenvalue weighted by Crippen LogP contribution is -2.21. The third-order valence-electron chi connectivity index (χ3n) is 4.00. The zero-order chi connectivity index (χ0) is 19.2. The van der Waals surface area contributed by atoms with E-state index < -0.39 is 11.9 Å².